The smallest absolute Gasteiger partial charge is 0.319 e. The van der Waals surface area contributed by atoms with Crippen LogP contribution in [0.2, 0.25) is 0 Å². The van der Waals surface area contributed by atoms with Gasteiger partial charge < -0.3 is 29.0 Å². The molecule has 3 aliphatic heterocycles. The Morgan fingerprint density at radius 1 is 1.11 bits per heavy atom. The van der Waals surface area contributed by atoms with Crippen molar-refractivity contribution in [2.75, 3.05) is 64.8 Å². The van der Waals surface area contributed by atoms with E-state index in [1.165, 1.54) is 13.2 Å². The number of alkyl halides is 1. The van der Waals surface area contributed by atoms with Gasteiger partial charge in [-0.3, -0.25) is 4.90 Å². The van der Waals surface area contributed by atoms with Crippen LogP contribution in [-0.2, 0) is 11.2 Å². The monoisotopic (exact) mass is 639 g/mol. The van der Waals surface area contributed by atoms with Crippen molar-refractivity contribution >= 4 is 27.5 Å². The molecule has 13 heteroatoms. The lowest BCUT2D eigenvalue weighted by molar-refractivity contribution is 0.0512. The largest absolute Gasteiger partial charge is 0.475 e. The summed E-state index contributed by atoms with van der Waals surface area (Å²) in [5.41, 5.74) is 0.0571. The highest BCUT2D eigenvalue weighted by Gasteiger charge is 2.49. The lowest BCUT2D eigenvalue weighted by atomic mass is 9.94. The Morgan fingerprint density at radius 2 is 1.98 bits per heavy atom. The number of aliphatic hydroxyl groups excluding tert-OH is 1. The Balaban J connectivity index is 1.42. The quantitative estimate of drug-likeness (QED) is 0.243. The van der Waals surface area contributed by atoms with Gasteiger partial charge >= 0.3 is 6.01 Å². The number of rotatable bonds is 10. The van der Waals surface area contributed by atoms with Crippen molar-refractivity contribution in [3.8, 4) is 28.9 Å². The Kier molecular flexibility index (Phi) is 8.24. The molecule has 2 aromatic heterocycles. The van der Waals surface area contributed by atoms with Crippen molar-refractivity contribution in [1.82, 2.24) is 19.9 Å². The normalized spacial score (nSPS) is 21.1. The number of anilines is 1. The second-order valence-electron chi connectivity index (χ2n) is 12.1. The van der Waals surface area contributed by atoms with Crippen LogP contribution in [0.1, 0.15) is 31.7 Å². The Labute approximate surface area is 264 Å². The standard InChI is InChI=1S/C33H36F3N5O5/c1-3-22-24(35)6-5-19-13-21(46-18-43-2)14-23(25(19)22)28-27(36)29-26-30(40(9-11-42)10-12-44-31(26)37-28)39-32(38-29)45-17-33-7-4-8-41(33)16-20(34)15-33/h5-6,13-14,20,42H,3-4,7-12,15-18H2,1-2H3/t20-,33+/m1/s1. The lowest BCUT2D eigenvalue weighted by Gasteiger charge is -2.31. The molecule has 3 aliphatic rings. The van der Waals surface area contributed by atoms with Crippen LogP contribution in [0.4, 0.5) is 19.0 Å². The summed E-state index contributed by atoms with van der Waals surface area (Å²) in [6.45, 7) is 3.66. The van der Waals surface area contributed by atoms with E-state index >= 15 is 8.78 Å². The van der Waals surface area contributed by atoms with Gasteiger partial charge in [-0.05, 0) is 60.3 Å². The molecule has 0 unspecified atom stereocenters. The summed E-state index contributed by atoms with van der Waals surface area (Å²) >= 11 is 0. The molecule has 46 heavy (non-hydrogen) atoms. The third kappa shape index (κ3) is 5.23. The number of aliphatic hydroxyl groups is 1. The van der Waals surface area contributed by atoms with Crippen LogP contribution in [-0.4, -0.2) is 96.6 Å². The van der Waals surface area contributed by atoms with E-state index in [-0.39, 0.29) is 61.6 Å². The van der Waals surface area contributed by atoms with Crippen molar-refractivity contribution < 1.29 is 37.2 Å². The number of hydrogen-bond donors (Lipinski definition) is 1. The first-order valence-electron chi connectivity index (χ1n) is 15.6. The zero-order chi connectivity index (χ0) is 32.0. The molecule has 5 heterocycles. The van der Waals surface area contributed by atoms with Crippen molar-refractivity contribution in [2.24, 2.45) is 0 Å². The number of pyridine rings is 1. The molecule has 0 spiro atoms. The molecule has 4 aromatic rings. The van der Waals surface area contributed by atoms with Gasteiger partial charge in [0.05, 0.1) is 18.7 Å². The van der Waals surface area contributed by atoms with Crippen molar-refractivity contribution in [1.29, 1.82) is 0 Å². The molecule has 2 aromatic carbocycles. The van der Waals surface area contributed by atoms with E-state index in [9.17, 15) is 9.50 Å². The number of methoxy groups -OCH3 is 1. The van der Waals surface area contributed by atoms with E-state index in [2.05, 4.69) is 19.9 Å². The predicted octanol–water partition coefficient (Wildman–Crippen LogP) is 4.81. The Bertz CT molecular complexity index is 1790. The number of ether oxygens (including phenoxy) is 4. The molecule has 2 saturated heterocycles. The minimum Gasteiger partial charge on any atom is -0.475 e. The average Bonchev–Trinajstić information content (AvgIpc) is 3.52. The minimum atomic E-state index is -0.937. The van der Waals surface area contributed by atoms with Crippen LogP contribution in [0.25, 0.3) is 32.9 Å². The fourth-order valence-electron chi connectivity index (χ4n) is 7.26. The van der Waals surface area contributed by atoms with E-state index < -0.39 is 23.3 Å². The first kappa shape index (κ1) is 30.7. The highest BCUT2D eigenvalue weighted by Crippen LogP contribution is 2.44. The van der Waals surface area contributed by atoms with Crippen LogP contribution >= 0.6 is 0 Å². The van der Waals surface area contributed by atoms with E-state index in [0.29, 0.717) is 59.4 Å². The summed E-state index contributed by atoms with van der Waals surface area (Å²) < 4.78 is 69.7. The van der Waals surface area contributed by atoms with Gasteiger partial charge in [0.15, 0.2) is 12.6 Å². The van der Waals surface area contributed by atoms with E-state index in [4.69, 9.17) is 18.9 Å². The SMILES string of the molecule is CCc1c(F)ccc2cc(OCOC)cc(-c3nc4c5c(nc(OC[C@@]67CCCN6C[C@H](F)C7)nc5c3F)N(CCO)CCO4)c12. The number of nitrogens with zero attached hydrogens (tertiary/aromatic N) is 5. The maximum atomic E-state index is 17.0. The molecule has 244 valence electrons. The van der Waals surface area contributed by atoms with Crippen LogP contribution in [0.5, 0.6) is 17.6 Å². The highest BCUT2D eigenvalue weighted by molar-refractivity contribution is 6.03. The first-order chi connectivity index (χ1) is 22.4. The molecule has 0 amide bonds. The third-order valence-corrected chi connectivity index (χ3v) is 9.31. The molecule has 0 aliphatic carbocycles. The van der Waals surface area contributed by atoms with Gasteiger partial charge in [0.25, 0.3) is 0 Å². The van der Waals surface area contributed by atoms with Crippen LogP contribution in [0, 0.1) is 11.6 Å². The lowest BCUT2D eigenvalue weighted by Crippen LogP contribution is -2.43. The number of halogens is 3. The van der Waals surface area contributed by atoms with E-state index in [1.54, 1.807) is 23.1 Å². The Hall–Kier alpha value is -3.94. The van der Waals surface area contributed by atoms with Crippen LogP contribution < -0.4 is 19.1 Å². The molecule has 0 saturated carbocycles. The summed E-state index contributed by atoms with van der Waals surface area (Å²) in [7, 11) is 1.49. The summed E-state index contributed by atoms with van der Waals surface area (Å²) in [6, 6.07) is 6.29. The highest BCUT2D eigenvalue weighted by atomic mass is 19.1. The average molecular weight is 640 g/mol. The number of benzene rings is 2. The van der Waals surface area contributed by atoms with Crippen molar-refractivity contribution in [3.63, 3.8) is 0 Å². The zero-order valence-electron chi connectivity index (χ0n) is 25.8. The van der Waals surface area contributed by atoms with Crippen molar-refractivity contribution in [2.45, 2.75) is 44.3 Å². The van der Waals surface area contributed by atoms with Gasteiger partial charge in [0.2, 0.25) is 5.88 Å². The molecule has 7 rings (SSSR count). The minimum absolute atomic E-state index is 0.0468. The first-order valence-corrected chi connectivity index (χ1v) is 15.6. The maximum Gasteiger partial charge on any atom is 0.319 e. The van der Waals surface area contributed by atoms with Crippen molar-refractivity contribution in [3.05, 3.63) is 41.5 Å². The molecule has 0 radical (unpaired) electrons. The summed E-state index contributed by atoms with van der Waals surface area (Å²) in [6.07, 6.45) is 1.50. The van der Waals surface area contributed by atoms with Gasteiger partial charge in [0.1, 0.15) is 53.4 Å². The molecule has 0 bridgehead atoms. The molecule has 2 fully saturated rings. The number of aryl methyl sites for hydroxylation is 1. The maximum absolute atomic E-state index is 17.0. The molecule has 2 atom stereocenters. The van der Waals surface area contributed by atoms with Gasteiger partial charge in [-0.25, -0.2) is 18.2 Å². The summed E-state index contributed by atoms with van der Waals surface area (Å²) in [5.74, 6) is -0.382. The van der Waals surface area contributed by atoms with Gasteiger partial charge in [0, 0.05) is 32.2 Å². The van der Waals surface area contributed by atoms with Crippen LogP contribution in [0.3, 0.4) is 0 Å². The number of aromatic nitrogens is 3. The topological polar surface area (TPSA) is 102 Å². The van der Waals surface area contributed by atoms with E-state index in [1.807, 2.05) is 6.92 Å². The predicted molar refractivity (Wildman–Crippen MR) is 165 cm³/mol. The molecular weight excluding hydrogens is 603 g/mol. The fraction of sp³-hybridized carbons (Fsp3) is 0.485. The summed E-state index contributed by atoms with van der Waals surface area (Å²) in [4.78, 5) is 17.8. The molecule has 10 nitrogen and oxygen atoms in total. The molecule has 1 N–H and O–H groups in total. The second kappa shape index (κ2) is 12.3. The number of hydrogen-bond acceptors (Lipinski definition) is 10. The number of β-amino-alcohol motifs (C(OH)–C–C–N with tert-alkyl or cyclic N) is 1. The van der Waals surface area contributed by atoms with E-state index in [0.717, 1.165) is 19.4 Å². The van der Waals surface area contributed by atoms with Crippen LogP contribution in [0.15, 0.2) is 24.3 Å². The van der Waals surface area contributed by atoms with Gasteiger partial charge in [-0.15, -0.1) is 0 Å². The fourth-order valence-corrected chi connectivity index (χ4v) is 7.26. The second-order valence-corrected chi connectivity index (χ2v) is 12.1. The Morgan fingerprint density at radius 3 is 2.78 bits per heavy atom. The zero-order valence-corrected chi connectivity index (χ0v) is 25.8. The van der Waals surface area contributed by atoms with Gasteiger partial charge in [-0.2, -0.15) is 9.97 Å². The van der Waals surface area contributed by atoms with Gasteiger partial charge in [-0.1, -0.05) is 13.0 Å². The summed E-state index contributed by atoms with van der Waals surface area (Å²) in [5, 5.41) is 11.2. The third-order valence-electron chi connectivity index (χ3n) is 9.31. The number of fused-ring (bicyclic) bond motifs is 2. The molecular formula is C33H36F3N5O5.